The molecule has 0 aliphatic carbocycles. The van der Waals surface area contributed by atoms with Gasteiger partial charge in [0.15, 0.2) is 0 Å². The van der Waals surface area contributed by atoms with Crippen LogP contribution in [0.1, 0.15) is 34.3 Å². The van der Waals surface area contributed by atoms with Gasteiger partial charge in [0.25, 0.3) is 5.91 Å². The monoisotopic (exact) mass is 285 g/mol. The van der Waals surface area contributed by atoms with E-state index in [0.29, 0.717) is 19.1 Å². The van der Waals surface area contributed by atoms with Crippen molar-refractivity contribution in [3.05, 3.63) is 34.9 Å². The van der Waals surface area contributed by atoms with Crippen LogP contribution in [0, 0.1) is 32.1 Å². The standard InChI is InChI=1S/C18H23NO2/c1-4-11-21-13-16-7-9-19(10-8-16)18(20)17-12-14(2)5-6-15(17)3/h1,5-6,12,16H,7-11,13H2,2-3H3. The molecule has 1 saturated heterocycles. The van der Waals surface area contributed by atoms with Crippen molar-refractivity contribution in [3.63, 3.8) is 0 Å². The summed E-state index contributed by atoms with van der Waals surface area (Å²) in [7, 11) is 0. The number of nitrogens with zero attached hydrogens (tertiary/aromatic N) is 1. The lowest BCUT2D eigenvalue weighted by atomic mass is 9.96. The lowest BCUT2D eigenvalue weighted by molar-refractivity contribution is 0.0581. The molecule has 1 heterocycles. The second-order valence-electron chi connectivity index (χ2n) is 5.77. The number of rotatable bonds is 4. The number of aryl methyl sites for hydroxylation is 2. The van der Waals surface area contributed by atoms with E-state index in [1.165, 1.54) is 0 Å². The lowest BCUT2D eigenvalue weighted by Crippen LogP contribution is -2.39. The molecule has 3 nitrogen and oxygen atoms in total. The summed E-state index contributed by atoms with van der Waals surface area (Å²) in [6.07, 6.45) is 7.14. The average Bonchev–Trinajstić information content (AvgIpc) is 2.50. The highest BCUT2D eigenvalue weighted by molar-refractivity contribution is 5.95. The normalized spacial score (nSPS) is 15.8. The quantitative estimate of drug-likeness (QED) is 0.629. The third-order valence-electron chi connectivity index (χ3n) is 4.06. The SMILES string of the molecule is C#CCOCC1CCN(C(=O)c2cc(C)ccc2C)CC1. The first-order valence-electron chi connectivity index (χ1n) is 7.49. The van der Waals surface area contributed by atoms with E-state index in [1.807, 2.05) is 36.9 Å². The second kappa shape index (κ2) is 7.28. The Morgan fingerprint density at radius 1 is 1.38 bits per heavy atom. The van der Waals surface area contributed by atoms with E-state index in [-0.39, 0.29) is 5.91 Å². The Hall–Kier alpha value is -1.79. The van der Waals surface area contributed by atoms with Crippen molar-refractivity contribution in [2.45, 2.75) is 26.7 Å². The maximum Gasteiger partial charge on any atom is 0.254 e. The van der Waals surface area contributed by atoms with Gasteiger partial charge in [-0.15, -0.1) is 6.42 Å². The average molecular weight is 285 g/mol. The van der Waals surface area contributed by atoms with Gasteiger partial charge in [0.05, 0.1) is 6.61 Å². The van der Waals surface area contributed by atoms with E-state index >= 15 is 0 Å². The van der Waals surface area contributed by atoms with Crippen LogP contribution in [0.25, 0.3) is 0 Å². The van der Waals surface area contributed by atoms with Gasteiger partial charge in [0.1, 0.15) is 6.61 Å². The molecule has 3 heteroatoms. The van der Waals surface area contributed by atoms with Crippen molar-refractivity contribution >= 4 is 5.91 Å². The molecule has 2 rings (SSSR count). The number of amides is 1. The Balaban J connectivity index is 1.91. The van der Waals surface area contributed by atoms with Gasteiger partial charge < -0.3 is 9.64 Å². The van der Waals surface area contributed by atoms with E-state index < -0.39 is 0 Å². The Morgan fingerprint density at radius 2 is 2.10 bits per heavy atom. The van der Waals surface area contributed by atoms with Gasteiger partial charge in [-0.1, -0.05) is 23.6 Å². The van der Waals surface area contributed by atoms with Crippen molar-refractivity contribution in [1.82, 2.24) is 4.90 Å². The number of terminal acetylenes is 1. The number of hydrogen-bond donors (Lipinski definition) is 0. The first kappa shape index (κ1) is 15.6. The van der Waals surface area contributed by atoms with Crippen LogP contribution in [0.5, 0.6) is 0 Å². The lowest BCUT2D eigenvalue weighted by Gasteiger charge is -2.32. The summed E-state index contributed by atoms with van der Waals surface area (Å²) >= 11 is 0. The van der Waals surface area contributed by atoms with Crippen LogP contribution in [0.2, 0.25) is 0 Å². The topological polar surface area (TPSA) is 29.5 Å². The Morgan fingerprint density at radius 3 is 2.76 bits per heavy atom. The van der Waals surface area contributed by atoms with E-state index in [9.17, 15) is 4.79 Å². The third kappa shape index (κ3) is 4.09. The summed E-state index contributed by atoms with van der Waals surface area (Å²) < 4.78 is 5.40. The van der Waals surface area contributed by atoms with Crippen LogP contribution in [0.15, 0.2) is 18.2 Å². The van der Waals surface area contributed by atoms with Crippen LogP contribution in [-0.4, -0.2) is 37.1 Å². The number of carbonyl (C=O) groups excluding carboxylic acids is 1. The third-order valence-corrected chi connectivity index (χ3v) is 4.06. The number of carbonyl (C=O) groups is 1. The zero-order valence-electron chi connectivity index (χ0n) is 12.9. The number of ether oxygens (including phenoxy) is 1. The minimum absolute atomic E-state index is 0.152. The molecule has 0 N–H and O–H groups in total. The molecule has 0 saturated carbocycles. The first-order chi connectivity index (χ1) is 10.1. The fraction of sp³-hybridized carbons (Fsp3) is 0.500. The predicted octanol–water partition coefficient (Wildman–Crippen LogP) is 2.81. The molecule has 1 fully saturated rings. The van der Waals surface area contributed by atoms with E-state index in [1.54, 1.807) is 0 Å². The van der Waals surface area contributed by atoms with Gasteiger partial charge in [-0.05, 0) is 44.2 Å². The van der Waals surface area contributed by atoms with Crippen LogP contribution < -0.4 is 0 Å². The minimum atomic E-state index is 0.152. The van der Waals surface area contributed by atoms with E-state index in [4.69, 9.17) is 11.2 Å². The highest BCUT2D eigenvalue weighted by Crippen LogP contribution is 2.21. The molecule has 1 aliphatic heterocycles. The Bertz CT molecular complexity index is 537. The molecule has 112 valence electrons. The van der Waals surface area contributed by atoms with E-state index in [2.05, 4.69) is 5.92 Å². The smallest absolute Gasteiger partial charge is 0.254 e. The van der Waals surface area contributed by atoms with Gasteiger partial charge in [0.2, 0.25) is 0 Å². The van der Waals surface area contributed by atoms with Crippen LogP contribution in [-0.2, 0) is 4.74 Å². The van der Waals surface area contributed by atoms with Crippen molar-refractivity contribution in [1.29, 1.82) is 0 Å². The summed E-state index contributed by atoms with van der Waals surface area (Å²) in [5.74, 6) is 3.15. The predicted molar refractivity (Wildman–Crippen MR) is 84.2 cm³/mol. The zero-order valence-corrected chi connectivity index (χ0v) is 12.9. The van der Waals surface area contributed by atoms with Crippen molar-refractivity contribution in [2.75, 3.05) is 26.3 Å². The molecule has 0 spiro atoms. The van der Waals surface area contributed by atoms with Crippen LogP contribution in [0.4, 0.5) is 0 Å². The molecule has 1 aliphatic rings. The zero-order chi connectivity index (χ0) is 15.2. The summed E-state index contributed by atoms with van der Waals surface area (Å²) in [6, 6.07) is 6.05. The molecule has 1 amide bonds. The molecular weight excluding hydrogens is 262 g/mol. The summed E-state index contributed by atoms with van der Waals surface area (Å²) in [5, 5.41) is 0. The van der Waals surface area contributed by atoms with E-state index in [0.717, 1.165) is 42.6 Å². The van der Waals surface area contributed by atoms with Crippen LogP contribution in [0.3, 0.4) is 0 Å². The fourth-order valence-electron chi connectivity index (χ4n) is 2.72. The number of likely N-dealkylation sites (tertiary alicyclic amines) is 1. The molecule has 0 radical (unpaired) electrons. The molecule has 0 unspecified atom stereocenters. The largest absolute Gasteiger partial charge is 0.369 e. The molecule has 0 aromatic heterocycles. The van der Waals surface area contributed by atoms with Crippen molar-refractivity contribution < 1.29 is 9.53 Å². The van der Waals surface area contributed by atoms with Crippen molar-refractivity contribution in [3.8, 4) is 12.3 Å². The summed E-state index contributed by atoms with van der Waals surface area (Å²) in [5.41, 5.74) is 3.00. The fourth-order valence-corrected chi connectivity index (χ4v) is 2.72. The minimum Gasteiger partial charge on any atom is -0.369 e. The van der Waals surface area contributed by atoms with Gasteiger partial charge in [0, 0.05) is 18.7 Å². The van der Waals surface area contributed by atoms with Gasteiger partial charge in [-0.25, -0.2) is 0 Å². The molecule has 21 heavy (non-hydrogen) atoms. The number of benzene rings is 1. The second-order valence-corrected chi connectivity index (χ2v) is 5.77. The number of hydrogen-bond acceptors (Lipinski definition) is 2. The highest BCUT2D eigenvalue weighted by Gasteiger charge is 2.24. The molecule has 0 bridgehead atoms. The molecule has 0 atom stereocenters. The number of piperidine rings is 1. The van der Waals surface area contributed by atoms with Gasteiger partial charge in [-0.2, -0.15) is 0 Å². The van der Waals surface area contributed by atoms with Crippen molar-refractivity contribution in [2.24, 2.45) is 5.92 Å². The highest BCUT2D eigenvalue weighted by atomic mass is 16.5. The first-order valence-corrected chi connectivity index (χ1v) is 7.49. The Labute approximate surface area is 127 Å². The maximum atomic E-state index is 12.6. The van der Waals surface area contributed by atoms with Crippen LogP contribution >= 0.6 is 0 Å². The molecular formula is C18H23NO2. The Kier molecular flexibility index (Phi) is 5.41. The van der Waals surface area contributed by atoms with Gasteiger partial charge >= 0.3 is 0 Å². The molecule has 1 aromatic carbocycles. The van der Waals surface area contributed by atoms with Gasteiger partial charge in [-0.3, -0.25) is 4.79 Å². The summed E-state index contributed by atoms with van der Waals surface area (Å²) in [6.45, 7) is 6.70. The molecule has 1 aromatic rings. The summed E-state index contributed by atoms with van der Waals surface area (Å²) in [4.78, 5) is 14.6. The maximum absolute atomic E-state index is 12.6.